The van der Waals surface area contributed by atoms with Crippen LogP contribution in [-0.4, -0.2) is 0 Å². The maximum Gasteiger partial charge on any atom is 0.0406 e. The molecule has 1 nitrogen and oxygen atoms in total. The third kappa shape index (κ3) is 3.50. The second-order valence-corrected chi connectivity index (χ2v) is 5.50. The minimum Gasteiger partial charge on any atom is -0.324 e. The number of halogens is 1. The molecule has 2 rings (SSSR count). The molecule has 0 aliphatic rings. The molecular formula is C14H14ClNS. The van der Waals surface area contributed by atoms with Gasteiger partial charge in [-0.25, -0.2) is 0 Å². The molecule has 2 aromatic carbocycles. The SMILES string of the molecule is C[C@H](N)c1ccc(Sc2ccc(Cl)cc2)cc1. The average Bonchev–Trinajstić information content (AvgIpc) is 2.33. The van der Waals surface area contributed by atoms with Crippen LogP contribution in [-0.2, 0) is 0 Å². The van der Waals surface area contributed by atoms with Gasteiger partial charge in [0, 0.05) is 20.9 Å². The van der Waals surface area contributed by atoms with Crippen molar-refractivity contribution in [1.29, 1.82) is 0 Å². The summed E-state index contributed by atoms with van der Waals surface area (Å²) in [4.78, 5) is 2.39. The fourth-order valence-electron chi connectivity index (χ4n) is 1.48. The van der Waals surface area contributed by atoms with Crippen LogP contribution in [0.1, 0.15) is 18.5 Å². The molecule has 0 amide bonds. The van der Waals surface area contributed by atoms with E-state index in [1.165, 1.54) is 9.79 Å². The Labute approximate surface area is 111 Å². The lowest BCUT2D eigenvalue weighted by molar-refractivity contribution is 0.817. The van der Waals surface area contributed by atoms with Crippen molar-refractivity contribution >= 4 is 23.4 Å². The van der Waals surface area contributed by atoms with E-state index in [9.17, 15) is 0 Å². The molecule has 17 heavy (non-hydrogen) atoms. The van der Waals surface area contributed by atoms with Gasteiger partial charge >= 0.3 is 0 Å². The van der Waals surface area contributed by atoms with Gasteiger partial charge in [0.05, 0.1) is 0 Å². The first-order valence-corrected chi connectivity index (χ1v) is 6.63. The minimum atomic E-state index is 0.0876. The van der Waals surface area contributed by atoms with Gasteiger partial charge in [-0.1, -0.05) is 35.5 Å². The predicted molar refractivity (Wildman–Crippen MR) is 74.6 cm³/mol. The quantitative estimate of drug-likeness (QED) is 0.882. The number of hydrogen-bond acceptors (Lipinski definition) is 2. The number of rotatable bonds is 3. The highest BCUT2D eigenvalue weighted by atomic mass is 35.5. The van der Waals surface area contributed by atoms with Crippen molar-refractivity contribution in [3.8, 4) is 0 Å². The molecular weight excluding hydrogens is 250 g/mol. The standard InChI is InChI=1S/C14H14ClNS/c1-10(16)11-2-6-13(7-3-11)17-14-8-4-12(15)5-9-14/h2-10H,16H2,1H3/t10-/m0/s1. The van der Waals surface area contributed by atoms with Crippen LogP contribution in [0, 0.1) is 0 Å². The van der Waals surface area contributed by atoms with Crippen LogP contribution >= 0.6 is 23.4 Å². The molecule has 0 radical (unpaired) electrons. The van der Waals surface area contributed by atoms with E-state index >= 15 is 0 Å². The first-order valence-electron chi connectivity index (χ1n) is 5.44. The summed E-state index contributed by atoms with van der Waals surface area (Å²) in [6.07, 6.45) is 0. The van der Waals surface area contributed by atoms with Crippen LogP contribution in [0.3, 0.4) is 0 Å². The Morgan fingerprint density at radius 3 is 1.88 bits per heavy atom. The lowest BCUT2D eigenvalue weighted by Gasteiger charge is -2.06. The summed E-state index contributed by atoms with van der Waals surface area (Å²) < 4.78 is 0. The van der Waals surface area contributed by atoms with Gasteiger partial charge in [-0.2, -0.15) is 0 Å². The van der Waals surface area contributed by atoms with E-state index in [2.05, 4.69) is 24.3 Å². The smallest absolute Gasteiger partial charge is 0.0406 e. The molecule has 0 aliphatic heterocycles. The normalized spacial score (nSPS) is 12.4. The maximum atomic E-state index is 5.85. The summed E-state index contributed by atoms with van der Waals surface area (Å²) in [5.74, 6) is 0. The van der Waals surface area contributed by atoms with Gasteiger partial charge in [-0.15, -0.1) is 0 Å². The molecule has 0 bridgehead atoms. The molecule has 88 valence electrons. The topological polar surface area (TPSA) is 26.0 Å². The van der Waals surface area contributed by atoms with Gasteiger partial charge in [0.2, 0.25) is 0 Å². The summed E-state index contributed by atoms with van der Waals surface area (Å²) >= 11 is 7.56. The van der Waals surface area contributed by atoms with Crippen LogP contribution in [0.5, 0.6) is 0 Å². The molecule has 0 unspecified atom stereocenters. The lowest BCUT2D eigenvalue weighted by Crippen LogP contribution is -2.04. The molecule has 0 spiro atoms. The summed E-state index contributed by atoms with van der Waals surface area (Å²) in [7, 11) is 0. The van der Waals surface area contributed by atoms with Crippen LogP contribution in [0.15, 0.2) is 58.3 Å². The van der Waals surface area contributed by atoms with Crippen molar-refractivity contribution in [1.82, 2.24) is 0 Å². The highest BCUT2D eigenvalue weighted by Gasteiger charge is 2.00. The Morgan fingerprint density at radius 1 is 0.941 bits per heavy atom. The highest BCUT2D eigenvalue weighted by molar-refractivity contribution is 7.99. The van der Waals surface area contributed by atoms with Gasteiger partial charge in [0.1, 0.15) is 0 Å². The van der Waals surface area contributed by atoms with E-state index in [1.807, 2.05) is 31.2 Å². The predicted octanol–water partition coefficient (Wildman–Crippen LogP) is 4.51. The maximum absolute atomic E-state index is 5.85. The van der Waals surface area contributed by atoms with Gasteiger partial charge < -0.3 is 5.73 Å². The Balaban J connectivity index is 2.11. The summed E-state index contributed by atoms with van der Waals surface area (Å²) in [6.45, 7) is 1.99. The van der Waals surface area contributed by atoms with Crippen LogP contribution in [0.2, 0.25) is 5.02 Å². The van der Waals surface area contributed by atoms with E-state index in [0.29, 0.717) is 0 Å². The van der Waals surface area contributed by atoms with E-state index < -0.39 is 0 Å². The molecule has 3 heteroatoms. The van der Waals surface area contributed by atoms with E-state index in [0.717, 1.165) is 10.6 Å². The first-order chi connectivity index (χ1) is 8.15. The first kappa shape index (κ1) is 12.5. The number of nitrogens with two attached hydrogens (primary N) is 1. The number of hydrogen-bond donors (Lipinski definition) is 1. The second-order valence-electron chi connectivity index (χ2n) is 3.91. The van der Waals surface area contributed by atoms with Crippen LogP contribution in [0.25, 0.3) is 0 Å². The zero-order valence-corrected chi connectivity index (χ0v) is 11.1. The van der Waals surface area contributed by atoms with Gasteiger partial charge in [0.15, 0.2) is 0 Å². The van der Waals surface area contributed by atoms with Gasteiger partial charge in [-0.05, 0) is 48.9 Å². The zero-order chi connectivity index (χ0) is 12.3. The average molecular weight is 264 g/mol. The van der Waals surface area contributed by atoms with Crippen LogP contribution < -0.4 is 5.73 Å². The Morgan fingerprint density at radius 2 is 1.41 bits per heavy atom. The van der Waals surface area contributed by atoms with Crippen molar-refractivity contribution in [2.75, 3.05) is 0 Å². The molecule has 2 aromatic rings. The summed E-state index contributed by atoms with van der Waals surface area (Å²) in [5.41, 5.74) is 6.97. The number of benzene rings is 2. The third-order valence-electron chi connectivity index (χ3n) is 2.46. The molecule has 0 fully saturated rings. The van der Waals surface area contributed by atoms with Crippen LogP contribution in [0.4, 0.5) is 0 Å². The monoisotopic (exact) mass is 263 g/mol. The minimum absolute atomic E-state index is 0.0876. The molecule has 0 aliphatic carbocycles. The molecule has 0 aromatic heterocycles. The van der Waals surface area contributed by atoms with E-state index in [4.69, 9.17) is 17.3 Å². The van der Waals surface area contributed by atoms with Crippen molar-refractivity contribution in [3.63, 3.8) is 0 Å². The Bertz CT molecular complexity index is 477. The molecule has 0 heterocycles. The molecule has 0 saturated carbocycles. The summed E-state index contributed by atoms with van der Waals surface area (Å²) in [5, 5.41) is 0.765. The van der Waals surface area contributed by atoms with Crippen molar-refractivity contribution < 1.29 is 0 Å². The highest BCUT2D eigenvalue weighted by Crippen LogP contribution is 2.29. The zero-order valence-electron chi connectivity index (χ0n) is 9.56. The molecule has 1 atom stereocenters. The van der Waals surface area contributed by atoms with E-state index in [-0.39, 0.29) is 6.04 Å². The fourth-order valence-corrected chi connectivity index (χ4v) is 2.42. The van der Waals surface area contributed by atoms with Crippen molar-refractivity contribution in [2.24, 2.45) is 5.73 Å². The lowest BCUT2D eigenvalue weighted by atomic mass is 10.1. The largest absolute Gasteiger partial charge is 0.324 e. The van der Waals surface area contributed by atoms with Crippen molar-refractivity contribution in [2.45, 2.75) is 22.8 Å². The van der Waals surface area contributed by atoms with Gasteiger partial charge in [0.25, 0.3) is 0 Å². The van der Waals surface area contributed by atoms with Crippen molar-refractivity contribution in [3.05, 3.63) is 59.1 Å². The third-order valence-corrected chi connectivity index (χ3v) is 3.72. The summed E-state index contributed by atoms with van der Waals surface area (Å²) in [6, 6.07) is 16.3. The Hall–Kier alpha value is -0.960. The second kappa shape index (κ2) is 5.58. The Kier molecular flexibility index (Phi) is 4.11. The molecule has 0 saturated heterocycles. The molecule has 2 N–H and O–H groups in total. The van der Waals surface area contributed by atoms with Gasteiger partial charge in [-0.3, -0.25) is 0 Å². The fraction of sp³-hybridized carbons (Fsp3) is 0.143. The van der Waals surface area contributed by atoms with E-state index in [1.54, 1.807) is 11.8 Å².